The Bertz CT molecular complexity index is 370. The van der Waals surface area contributed by atoms with Crippen LogP contribution in [-0.4, -0.2) is 18.2 Å². The van der Waals surface area contributed by atoms with Crippen LogP contribution in [0, 0.1) is 0 Å². The number of nitrogens with one attached hydrogen (secondary N) is 2. The van der Waals surface area contributed by atoms with Crippen molar-refractivity contribution in [2.45, 2.75) is 6.04 Å². The van der Waals surface area contributed by atoms with Gasteiger partial charge in [-0.1, -0.05) is 30.3 Å². The largest absolute Gasteiger partial charge is 0.467 e. The van der Waals surface area contributed by atoms with Crippen LogP contribution < -0.4 is 16.6 Å². The van der Waals surface area contributed by atoms with Gasteiger partial charge in [-0.3, -0.25) is 5.84 Å². The first-order chi connectivity index (χ1) is 7.69. The van der Waals surface area contributed by atoms with Crippen LogP contribution in [0.4, 0.5) is 0 Å². The van der Waals surface area contributed by atoms with E-state index in [4.69, 9.17) is 17.0 Å². The molecule has 86 valence electrons. The van der Waals surface area contributed by atoms with Gasteiger partial charge in [-0.2, -0.15) is 0 Å². The highest BCUT2D eigenvalue weighted by molar-refractivity contribution is 7.80. The molecule has 16 heavy (non-hydrogen) atoms. The number of esters is 1. The summed E-state index contributed by atoms with van der Waals surface area (Å²) in [7, 11) is 1.33. The standard InChI is InChI=1S/C10H13N3O2S/c1-15-9(14)8(12-10(16)13-11)7-5-3-2-4-6-7/h2-6,8H,11H2,1H3,(H2,12,13,16)/p+1. The second kappa shape index (κ2) is 6.04. The molecule has 5 N–H and O–H groups in total. The van der Waals surface area contributed by atoms with E-state index in [9.17, 15) is 4.79 Å². The molecule has 0 saturated carbocycles. The van der Waals surface area contributed by atoms with Crippen molar-refractivity contribution < 1.29 is 15.4 Å². The average Bonchev–Trinajstić information content (AvgIpc) is 2.35. The number of benzene rings is 1. The predicted octanol–water partition coefficient (Wildman–Crippen LogP) is -0.478. The second-order valence-corrected chi connectivity index (χ2v) is 3.43. The van der Waals surface area contributed by atoms with E-state index >= 15 is 0 Å². The maximum absolute atomic E-state index is 11.6. The maximum Gasteiger partial charge on any atom is 0.333 e. The van der Waals surface area contributed by atoms with Gasteiger partial charge in [0.2, 0.25) is 5.11 Å². The van der Waals surface area contributed by atoms with Gasteiger partial charge in [-0.05, 0) is 17.8 Å². The molecule has 1 atom stereocenters. The Labute approximate surface area is 98.9 Å². The molecule has 0 spiro atoms. The van der Waals surface area contributed by atoms with Crippen LogP contribution in [-0.2, 0) is 9.53 Å². The molecule has 0 aliphatic heterocycles. The van der Waals surface area contributed by atoms with Crippen molar-refractivity contribution in [2.75, 3.05) is 7.11 Å². The monoisotopic (exact) mass is 240 g/mol. The number of rotatable bonds is 3. The van der Waals surface area contributed by atoms with E-state index in [0.717, 1.165) is 5.56 Å². The summed E-state index contributed by atoms with van der Waals surface area (Å²) in [6, 6.07) is 8.57. The lowest BCUT2D eigenvalue weighted by Gasteiger charge is -2.17. The van der Waals surface area contributed by atoms with Crippen molar-refractivity contribution in [3.63, 3.8) is 0 Å². The fraction of sp³-hybridized carbons (Fsp3) is 0.200. The SMILES string of the molecule is COC(=O)C(NC(=S)N[NH3+])c1ccccc1. The minimum atomic E-state index is -0.618. The third-order valence-corrected chi connectivity index (χ3v) is 2.27. The number of ether oxygens (including phenoxy) is 1. The van der Waals surface area contributed by atoms with Gasteiger partial charge in [0.05, 0.1) is 7.11 Å². The highest BCUT2D eigenvalue weighted by atomic mass is 32.1. The van der Waals surface area contributed by atoms with Crippen LogP contribution in [0.3, 0.4) is 0 Å². The summed E-state index contributed by atoms with van der Waals surface area (Å²) in [5.74, 6) is 3.01. The molecule has 0 amide bonds. The van der Waals surface area contributed by atoms with Crippen LogP contribution in [0.1, 0.15) is 11.6 Å². The number of methoxy groups -OCH3 is 1. The van der Waals surface area contributed by atoms with E-state index in [-0.39, 0.29) is 0 Å². The molecule has 0 aromatic heterocycles. The maximum atomic E-state index is 11.6. The van der Waals surface area contributed by atoms with Crippen LogP contribution >= 0.6 is 12.2 Å². The predicted molar refractivity (Wildman–Crippen MR) is 63.0 cm³/mol. The fourth-order valence-corrected chi connectivity index (χ4v) is 1.34. The van der Waals surface area contributed by atoms with Crippen molar-refractivity contribution in [3.8, 4) is 0 Å². The highest BCUT2D eigenvalue weighted by Gasteiger charge is 2.21. The van der Waals surface area contributed by atoms with Crippen molar-refractivity contribution in [1.82, 2.24) is 10.7 Å². The van der Waals surface area contributed by atoms with Gasteiger partial charge in [-0.25, -0.2) is 10.2 Å². The number of carbonyl (C=O) groups is 1. The van der Waals surface area contributed by atoms with E-state index in [1.807, 2.05) is 30.3 Å². The van der Waals surface area contributed by atoms with Crippen LogP contribution in [0.5, 0.6) is 0 Å². The molecule has 6 heteroatoms. The summed E-state index contributed by atoms with van der Waals surface area (Å²) in [6.07, 6.45) is 0. The normalized spacial score (nSPS) is 11.4. The Morgan fingerprint density at radius 1 is 1.44 bits per heavy atom. The van der Waals surface area contributed by atoms with E-state index in [2.05, 4.69) is 16.6 Å². The highest BCUT2D eigenvalue weighted by Crippen LogP contribution is 2.13. The average molecular weight is 240 g/mol. The number of carbonyl (C=O) groups excluding carboxylic acids is 1. The Morgan fingerprint density at radius 2 is 2.06 bits per heavy atom. The summed E-state index contributed by atoms with van der Waals surface area (Å²) in [5.41, 5.74) is 3.29. The van der Waals surface area contributed by atoms with Gasteiger partial charge in [-0.15, -0.1) is 0 Å². The lowest BCUT2D eigenvalue weighted by Crippen LogP contribution is -2.69. The van der Waals surface area contributed by atoms with Gasteiger partial charge in [0.25, 0.3) is 0 Å². The van der Waals surface area contributed by atoms with Crippen molar-refractivity contribution in [2.24, 2.45) is 0 Å². The van der Waals surface area contributed by atoms with Crippen molar-refractivity contribution in [3.05, 3.63) is 35.9 Å². The van der Waals surface area contributed by atoms with E-state index < -0.39 is 12.0 Å². The zero-order chi connectivity index (χ0) is 12.0. The minimum Gasteiger partial charge on any atom is -0.467 e. The molecule has 0 bridgehead atoms. The first-order valence-corrected chi connectivity index (χ1v) is 5.06. The van der Waals surface area contributed by atoms with Crippen molar-refractivity contribution >= 4 is 23.3 Å². The van der Waals surface area contributed by atoms with Crippen molar-refractivity contribution in [1.29, 1.82) is 0 Å². The Balaban J connectivity index is 2.88. The Morgan fingerprint density at radius 3 is 2.56 bits per heavy atom. The molecular formula is C10H14N3O2S+. The van der Waals surface area contributed by atoms with E-state index in [1.54, 1.807) is 0 Å². The number of hydrogen-bond acceptors (Lipinski definition) is 3. The number of thiocarbonyl (C=S) groups is 1. The van der Waals surface area contributed by atoms with Gasteiger partial charge < -0.3 is 10.1 Å². The molecule has 1 unspecified atom stereocenters. The van der Waals surface area contributed by atoms with E-state index in [0.29, 0.717) is 5.11 Å². The van der Waals surface area contributed by atoms with Gasteiger partial charge >= 0.3 is 5.97 Å². The summed E-state index contributed by atoms with van der Waals surface area (Å²) in [6.45, 7) is 0. The lowest BCUT2D eigenvalue weighted by molar-refractivity contribution is -0.419. The molecule has 0 aliphatic carbocycles. The smallest absolute Gasteiger partial charge is 0.333 e. The Kier molecular flexibility index (Phi) is 4.68. The fourth-order valence-electron chi connectivity index (χ4n) is 1.22. The Hall–Kier alpha value is -1.66. The molecule has 0 aliphatic rings. The molecule has 0 radical (unpaired) electrons. The molecule has 1 aromatic carbocycles. The lowest BCUT2D eigenvalue weighted by atomic mass is 10.1. The third kappa shape index (κ3) is 3.18. The topological polar surface area (TPSA) is 78.0 Å². The molecular weight excluding hydrogens is 226 g/mol. The minimum absolute atomic E-state index is 0.291. The molecule has 0 fully saturated rings. The summed E-state index contributed by atoms with van der Waals surface area (Å²) >= 11 is 4.91. The van der Waals surface area contributed by atoms with Crippen LogP contribution in [0.15, 0.2) is 30.3 Å². The van der Waals surface area contributed by atoms with Crippen LogP contribution in [0.2, 0.25) is 0 Å². The zero-order valence-corrected chi connectivity index (χ0v) is 9.71. The molecule has 5 nitrogen and oxygen atoms in total. The van der Waals surface area contributed by atoms with E-state index in [1.165, 1.54) is 7.11 Å². The van der Waals surface area contributed by atoms with Crippen LogP contribution in [0.25, 0.3) is 0 Å². The van der Waals surface area contributed by atoms with Gasteiger partial charge in [0, 0.05) is 0 Å². The first-order valence-electron chi connectivity index (χ1n) is 4.65. The molecule has 0 saturated heterocycles. The summed E-state index contributed by atoms with van der Waals surface area (Å²) in [4.78, 5) is 11.6. The molecule has 1 rings (SSSR count). The summed E-state index contributed by atoms with van der Waals surface area (Å²) < 4.78 is 4.70. The van der Waals surface area contributed by atoms with Gasteiger partial charge in [0.15, 0.2) is 6.04 Å². The second-order valence-electron chi connectivity index (χ2n) is 3.02. The quantitative estimate of drug-likeness (QED) is 0.378. The summed E-state index contributed by atoms with van der Waals surface area (Å²) in [5, 5.41) is 3.11. The number of hydrogen-bond donors (Lipinski definition) is 3. The molecule has 0 heterocycles. The zero-order valence-electron chi connectivity index (χ0n) is 8.90. The third-order valence-electron chi connectivity index (χ3n) is 2.01. The van der Waals surface area contributed by atoms with Gasteiger partial charge in [0.1, 0.15) is 0 Å². The number of quaternary nitrogens is 1. The first kappa shape index (κ1) is 12.4. The molecule has 1 aromatic rings.